The first kappa shape index (κ1) is 25.0. The number of aryl methyl sites for hydroxylation is 1. The van der Waals surface area contributed by atoms with Crippen molar-refractivity contribution in [3.63, 3.8) is 0 Å². The summed E-state index contributed by atoms with van der Waals surface area (Å²) < 4.78 is 11.2. The molecular weight excluding hydrogens is 484 g/mol. The zero-order valence-electron chi connectivity index (χ0n) is 20.6. The van der Waals surface area contributed by atoms with Gasteiger partial charge in [-0.3, -0.25) is 0 Å². The van der Waals surface area contributed by atoms with Gasteiger partial charge < -0.3 is 9.47 Å². The summed E-state index contributed by atoms with van der Waals surface area (Å²) in [6.45, 7) is 6.29. The van der Waals surface area contributed by atoms with Crippen molar-refractivity contribution < 1.29 is 9.47 Å². The average molecular weight is 522 g/mol. The van der Waals surface area contributed by atoms with Crippen LogP contribution in [0.3, 0.4) is 0 Å². The summed E-state index contributed by atoms with van der Waals surface area (Å²) in [5, 5.41) is 6.63. The summed E-state index contributed by atoms with van der Waals surface area (Å²) in [5.41, 5.74) is 3.29. The molecule has 0 fully saturated rings. The van der Waals surface area contributed by atoms with Gasteiger partial charge >= 0.3 is 0 Å². The molecule has 1 unspecified atom stereocenters. The van der Waals surface area contributed by atoms with Gasteiger partial charge in [0, 0.05) is 5.33 Å². The fourth-order valence-corrected chi connectivity index (χ4v) is 5.33. The summed E-state index contributed by atoms with van der Waals surface area (Å²) >= 11 is 3.53. The van der Waals surface area contributed by atoms with Crippen LogP contribution in [0.15, 0.2) is 73.0 Å². The summed E-state index contributed by atoms with van der Waals surface area (Å²) in [6.07, 6.45) is 14.9. The maximum Gasteiger partial charge on any atom is 0.106 e. The molecule has 2 aliphatic rings. The number of fused-ring (bicyclic) bond motifs is 5. The van der Waals surface area contributed by atoms with E-state index >= 15 is 0 Å². The van der Waals surface area contributed by atoms with Crippen molar-refractivity contribution in [1.29, 1.82) is 0 Å². The Hall–Kier alpha value is -2.10. The second-order valence-corrected chi connectivity index (χ2v) is 11.0. The maximum absolute atomic E-state index is 6.41. The van der Waals surface area contributed by atoms with Crippen molar-refractivity contribution in [2.24, 2.45) is 5.41 Å². The van der Waals surface area contributed by atoms with Gasteiger partial charge in [-0.25, -0.2) is 0 Å². The Morgan fingerprint density at radius 1 is 0.971 bits per heavy atom. The van der Waals surface area contributed by atoms with E-state index in [2.05, 4.69) is 78.3 Å². The van der Waals surface area contributed by atoms with Gasteiger partial charge in [0.15, 0.2) is 0 Å². The molecule has 1 aliphatic heterocycles. The van der Waals surface area contributed by atoms with Crippen LogP contribution < -0.4 is 0 Å². The van der Waals surface area contributed by atoms with Gasteiger partial charge in [-0.15, -0.1) is 0 Å². The highest BCUT2D eigenvalue weighted by atomic mass is 79.9. The van der Waals surface area contributed by atoms with Crippen LogP contribution in [0.4, 0.5) is 0 Å². The number of ether oxygens (including phenoxy) is 2. The number of rotatable bonds is 7. The summed E-state index contributed by atoms with van der Waals surface area (Å²) in [7, 11) is 0. The molecular formula is C31H37BrO2. The van der Waals surface area contributed by atoms with Crippen LogP contribution >= 0.6 is 15.9 Å². The molecule has 34 heavy (non-hydrogen) atoms. The standard InChI is InChI=1S/C26H31BrO.C5H6O/c1-26(2,15-5-6-16-27)18-28-21-11-14-23-20(17-21)10-13-24-22-8-4-3-7-19(22)9-12-25(23)24;1-2-4-6-5-3-1/h3-4,7-10,12-13,21H,5-6,11,14-18H2,1-2H3;1-4H,5H2. The van der Waals surface area contributed by atoms with Crippen LogP contribution in [0, 0.1) is 5.41 Å². The largest absolute Gasteiger partial charge is 0.497 e. The topological polar surface area (TPSA) is 18.5 Å². The zero-order chi connectivity index (χ0) is 23.8. The molecule has 2 nitrogen and oxygen atoms in total. The van der Waals surface area contributed by atoms with Crippen LogP contribution in [0.1, 0.15) is 50.7 Å². The molecule has 0 saturated carbocycles. The summed E-state index contributed by atoms with van der Waals surface area (Å²) in [6, 6.07) is 18.0. The predicted molar refractivity (Wildman–Crippen MR) is 149 cm³/mol. The Bertz CT molecular complexity index is 1130. The van der Waals surface area contributed by atoms with E-state index in [0.717, 1.165) is 37.8 Å². The molecule has 180 valence electrons. The van der Waals surface area contributed by atoms with E-state index in [9.17, 15) is 0 Å². The lowest BCUT2D eigenvalue weighted by molar-refractivity contribution is -0.00672. The number of alkyl halides is 1. The molecule has 0 N–H and O–H groups in total. The summed E-state index contributed by atoms with van der Waals surface area (Å²) in [4.78, 5) is 0. The second-order valence-electron chi connectivity index (χ2n) is 10.2. The molecule has 1 atom stereocenters. The molecule has 3 aromatic rings. The molecule has 0 bridgehead atoms. The van der Waals surface area contributed by atoms with E-state index < -0.39 is 0 Å². The van der Waals surface area contributed by atoms with Crippen molar-refractivity contribution in [2.75, 3.05) is 18.5 Å². The monoisotopic (exact) mass is 520 g/mol. The van der Waals surface area contributed by atoms with E-state index in [1.54, 1.807) is 11.8 Å². The minimum atomic E-state index is 0.269. The number of hydrogen-bond acceptors (Lipinski definition) is 2. The van der Waals surface area contributed by atoms with Crippen LogP contribution in [0.2, 0.25) is 0 Å². The lowest BCUT2D eigenvalue weighted by Crippen LogP contribution is -2.28. The average Bonchev–Trinajstić information content (AvgIpc) is 2.88. The van der Waals surface area contributed by atoms with Crippen molar-refractivity contribution in [2.45, 2.75) is 58.5 Å². The number of halogens is 1. The minimum Gasteiger partial charge on any atom is -0.497 e. The fourth-order valence-electron chi connectivity index (χ4n) is 4.94. The van der Waals surface area contributed by atoms with E-state index in [0.29, 0.717) is 6.10 Å². The number of hydrogen-bond donors (Lipinski definition) is 0. The van der Waals surface area contributed by atoms with Gasteiger partial charge in [-0.2, -0.15) is 0 Å². The predicted octanol–water partition coefficient (Wildman–Crippen LogP) is 8.54. The minimum absolute atomic E-state index is 0.269. The first-order valence-corrected chi connectivity index (χ1v) is 13.7. The molecule has 0 amide bonds. The molecule has 5 rings (SSSR count). The number of allylic oxidation sites excluding steroid dienone is 2. The molecule has 1 heterocycles. The maximum atomic E-state index is 6.41. The van der Waals surface area contributed by atoms with Gasteiger partial charge in [-0.05, 0) is 82.3 Å². The first-order valence-electron chi connectivity index (χ1n) is 12.6. The number of unbranched alkanes of at least 4 members (excludes halogenated alkanes) is 1. The van der Waals surface area contributed by atoms with E-state index in [4.69, 9.17) is 9.47 Å². The lowest BCUT2D eigenvalue weighted by Gasteiger charge is -2.31. The Kier molecular flexibility index (Phi) is 8.86. The van der Waals surface area contributed by atoms with Gasteiger partial charge in [-0.1, -0.05) is 90.8 Å². The molecule has 3 aromatic carbocycles. The highest BCUT2D eigenvalue weighted by Crippen LogP contribution is 2.34. The van der Waals surface area contributed by atoms with Crippen LogP contribution in [-0.4, -0.2) is 24.6 Å². The highest BCUT2D eigenvalue weighted by molar-refractivity contribution is 9.09. The molecule has 0 saturated heterocycles. The van der Waals surface area contributed by atoms with Crippen molar-refractivity contribution in [3.05, 3.63) is 84.1 Å². The Labute approximate surface area is 213 Å². The molecule has 0 aromatic heterocycles. The SMILES string of the molecule is C1=CCOC=C1.CC(C)(CCCCBr)COC1CCc2c(ccc3c2ccc2ccccc23)C1. The van der Waals surface area contributed by atoms with Crippen LogP contribution in [0.25, 0.3) is 21.5 Å². The normalized spacial score (nSPS) is 17.2. The quantitative estimate of drug-likeness (QED) is 0.176. The zero-order valence-corrected chi connectivity index (χ0v) is 22.1. The van der Waals surface area contributed by atoms with Gasteiger partial charge in [0.25, 0.3) is 0 Å². The molecule has 0 spiro atoms. The van der Waals surface area contributed by atoms with Crippen molar-refractivity contribution in [1.82, 2.24) is 0 Å². The van der Waals surface area contributed by atoms with Crippen molar-refractivity contribution >= 4 is 37.5 Å². The van der Waals surface area contributed by atoms with E-state index in [1.165, 1.54) is 46.4 Å². The Morgan fingerprint density at radius 2 is 1.82 bits per heavy atom. The molecule has 0 radical (unpaired) electrons. The third-order valence-corrected chi connectivity index (χ3v) is 7.42. The van der Waals surface area contributed by atoms with Gasteiger partial charge in [0.05, 0.1) is 19.0 Å². The van der Waals surface area contributed by atoms with Crippen molar-refractivity contribution in [3.8, 4) is 0 Å². The third-order valence-electron chi connectivity index (χ3n) is 6.86. The number of benzene rings is 3. The van der Waals surface area contributed by atoms with Gasteiger partial charge in [0.2, 0.25) is 0 Å². The van der Waals surface area contributed by atoms with Crippen LogP contribution in [0.5, 0.6) is 0 Å². The van der Waals surface area contributed by atoms with Gasteiger partial charge in [0.1, 0.15) is 6.61 Å². The fraction of sp³-hybridized carbons (Fsp3) is 0.419. The second kappa shape index (κ2) is 12.0. The van der Waals surface area contributed by atoms with Crippen LogP contribution in [-0.2, 0) is 22.3 Å². The molecule has 1 aliphatic carbocycles. The van der Waals surface area contributed by atoms with E-state index in [1.807, 2.05) is 18.2 Å². The lowest BCUT2D eigenvalue weighted by atomic mass is 9.84. The third kappa shape index (κ3) is 6.52. The Balaban J connectivity index is 0.000000398. The van der Waals surface area contributed by atoms with E-state index in [-0.39, 0.29) is 5.41 Å². The molecule has 3 heteroatoms. The Morgan fingerprint density at radius 3 is 2.56 bits per heavy atom. The first-order chi connectivity index (χ1) is 16.6. The highest BCUT2D eigenvalue weighted by Gasteiger charge is 2.24. The summed E-state index contributed by atoms with van der Waals surface area (Å²) in [5.74, 6) is 0. The smallest absolute Gasteiger partial charge is 0.106 e.